The van der Waals surface area contributed by atoms with Crippen LogP contribution in [0.2, 0.25) is 71.5 Å². The van der Waals surface area contributed by atoms with Crippen molar-refractivity contribution in [3.63, 3.8) is 0 Å². The molecule has 0 fully saturated rings. The minimum atomic E-state index is -6.16. The number of halogens is 2. The number of aryl methyl sites for hydroxylation is 1. The van der Waals surface area contributed by atoms with Gasteiger partial charge in [0.25, 0.3) is 0 Å². The van der Waals surface area contributed by atoms with E-state index in [1.54, 1.807) is 24.3 Å². The minimum absolute atomic E-state index is 0. The van der Waals surface area contributed by atoms with E-state index in [2.05, 4.69) is 44.0 Å². The summed E-state index contributed by atoms with van der Waals surface area (Å²) < 4.78 is 88.3. The third kappa shape index (κ3) is 23.9. The first kappa shape index (κ1) is 61.3. The summed E-state index contributed by atoms with van der Waals surface area (Å²) in [4.78, 5) is 11.3. The minimum Gasteiger partial charge on any atom is -0.743 e. The topological polar surface area (TPSA) is 120 Å². The van der Waals surface area contributed by atoms with E-state index in [9.17, 15) is 26.5 Å². The smallest absolute Gasteiger partial charge is 0.743 e. The Labute approximate surface area is 324 Å². The first-order chi connectivity index (χ1) is 16.8. The van der Waals surface area contributed by atoms with Crippen LogP contribution in [0.5, 0.6) is 0 Å². The number of carbonyl (C=O) groups excluding carboxylic acids is 1. The molecule has 45 heavy (non-hydrogen) atoms. The molecule has 0 bridgehead atoms. The Bertz CT molecular complexity index is 1060. The number of hydrogen-bond acceptors (Lipinski definition) is 9. The largest absolute Gasteiger partial charge is 1.00 e. The van der Waals surface area contributed by atoms with Gasteiger partial charge in [0.2, 0.25) is 0 Å². The molecule has 0 spiro atoms. The molecule has 0 N–H and O–H groups in total. The van der Waals surface area contributed by atoms with Crippen LogP contribution in [0, 0.1) is 0 Å². The van der Waals surface area contributed by atoms with Gasteiger partial charge in [0.1, 0.15) is 6.61 Å². The first-order valence-electron chi connectivity index (χ1n) is 12.2. The molecule has 0 aliphatic carbocycles. The number of carbonyl (C=O) groups is 1. The van der Waals surface area contributed by atoms with Gasteiger partial charge < -0.3 is 25.8 Å². The Kier molecular flexibility index (Phi) is 31.9. The number of rotatable bonds is 15. The number of benzene rings is 1. The Morgan fingerprint density at radius 1 is 0.800 bits per heavy atom. The van der Waals surface area contributed by atoms with Crippen LogP contribution in [-0.2, 0) is 49.1 Å². The van der Waals surface area contributed by atoms with Gasteiger partial charge >= 0.3 is 89.0 Å². The van der Waals surface area contributed by atoms with Crippen molar-refractivity contribution < 1.29 is 99.1 Å². The summed E-state index contributed by atoms with van der Waals surface area (Å²) in [5.41, 5.74) is 1.29. The number of hydrogen-bond donors (Lipinski definition) is 0. The van der Waals surface area contributed by atoms with Crippen molar-refractivity contribution in [2.75, 3.05) is 0 Å². The maximum absolute atomic E-state index is 13.3. The van der Waals surface area contributed by atoms with Crippen LogP contribution in [0.4, 0.5) is 8.78 Å². The molecule has 2 unspecified atom stereocenters. The summed E-state index contributed by atoms with van der Waals surface area (Å²) in [6, 6.07) is 7.33. The van der Waals surface area contributed by atoms with Crippen molar-refractivity contribution in [1.29, 1.82) is 0 Å². The van der Waals surface area contributed by atoms with E-state index in [4.69, 9.17) is 16.5 Å². The molecular weight excluding hydrogens is 718 g/mol. The quantitative estimate of drug-likeness (QED) is 0.127. The fourth-order valence-corrected chi connectivity index (χ4v) is 24.7. The average molecular weight is 783 g/mol. The number of esters is 1. The van der Waals surface area contributed by atoms with Gasteiger partial charge in [-0.25, -0.2) is 13.2 Å². The van der Waals surface area contributed by atoms with Gasteiger partial charge in [-0.05, 0) is 89.1 Å². The molecule has 9 nitrogen and oxygen atoms in total. The van der Waals surface area contributed by atoms with Gasteiger partial charge in [0.15, 0.2) is 26.8 Å². The van der Waals surface area contributed by atoms with Gasteiger partial charge in [-0.2, -0.15) is 8.78 Å². The fourth-order valence-electron chi connectivity index (χ4n) is 3.83. The summed E-state index contributed by atoms with van der Waals surface area (Å²) in [7, 11) is -16.9. The molecule has 0 heterocycles. The maximum Gasteiger partial charge on any atom is 1.00 e. The SMILES string of the molecule is C.C.C.C.C.C.C[SiH](O[Si](C)(C)O[Si](C)(C)C)O[Si](C)(CCc1ccc(COC(=O)C(F)(F)S(=O)(=O)[O-])cc1)O[Si](C)(C)C.[K+]. The van der Waals surface area contributed by atoms with E-state index in [1.165, 1.54) is 0 Å². The summed E-state index contributed by atoms with van der Waals surface area (Å²) in [5.74, 6) is -2.40. The van der Waals surface area contributed by atoms with E-state index in [-0.39, 0.29) is 95.9 Å². The van der Waals surface area contributed by atoms with Crippen molar-refractivity contribution in [3.05, 3.63) is 35.4 Å². The normalized spacial score (nSPS) is 13.6. The molecule has 1 rings (SSSR count). The molecule has 0 aliphatic heterocycles. The van der Waals surface area contributed by atoms with E-state index >= 15 is 0 Å². The van der Waals surface area contributed by atoms with Crippen molar-refractivity contribution in [2.24, 2.45) is 0 Å². The Balaban J connectivity index is -0.000000413. The zero-order valence-electron chi connectivity index (χ0n) is 24.8. The van der Waals surface area contributed by atoms with Gasteiger partial charge in [0, 0.05) is 0 Å². The van der Waals surface area contributed by atoms with Gasteiger partial charge in [-0.3, -0.25) is 0 Å². The molecule has 0 saturated carbocycles. The molecule has 1 aromatic carbocycles. The van der Waals surface area contributed by atoms with Crippen LogP contribution in [-0.4, -0.2) is 67.2 Å². The Hall–Kier alpha value is 1.02. The van der Waals surface area contributed by atoms with Crippen molar-refractivity contribution in [2.45, 2.75) is 134 Å². The predicted molar refractivity (Wildman–Crippen MR) is 193 cm³/mol. The van der Waals surface area contributed by atoms with Crippen LogP contribution in [0.25, 0.3) is 0 Å². The summed E-state index contributed by atoms with van der Waals surface area (Å²) in [6.45, 7) is 20.2. The van der Waals surface area contributed by atoms with Crippen LogP contribution in [0.3, 0.4) is 0 Å². The molecule has 0 amide bonds. The van der Waals surface area contributed by atoms with Crippen LogP contribution >= 0.6 is 0 Å². The van der Waals surface area contributed by atoms with E-state index in [0.717, 1.165) is 5.56 Å². The third-order valence-corrected chi connectivity index (χ3v) is 22.2. The molecule has 0 saturated heterocycles. The second-order valence-electron chi connectivity index (χ2n) is 11.6. The van der Waals surface area contributed by atoms with Crippen molar-refractivity contribution >= 4 is 59.1 Å². The first-order valence-corrected chi connectivity index (χ1v) is 27.8. The molecular formula is C27H65F2KO9SSi5. The molecule has 268 valence electrons. The predicted octanol–water partition coefficient (Wildman–Crippen LogP) is 5.59. The molecule has 0 aliphatic rings. The van der Waals surface area contributed by atoms with E-state index in [1.807, 2.05) is 26.2 Å². The summed E-state index contributed by atoms with van der Waals surface area (Å²) >= 11 is 0. The van der Waals surface area contributed by atoms with Gasteiger partial charge in [-0.15, -0.1) is 0 Å². The van der Waals surface area contributed by atoms with Gasteiger partial charge in [0.05, 0.1) is 0 Å². The average Bonchev–Trinajstić information content (AvgIpc) is 2.66. The summed E-state index contributed by atoms with van der Waals surface area (Å²) in [5, 5.41) is -5.14. The van der Waals surface area contributed by atoms with Crippen molar-refractivity contribution in [3.8, 4) is 0 Å². The zero-order valence-corrected chi connectivity index (χ0v) is 33.9. The number of ether oxygens (including phenoxy) is 1. The fraction of sp³-hybridized carbons (Fsp3) is 0.741. The second kappa shape index (κ2) is 23.4. The second-order valence-corrected chi connectivity index (χ2v) is 31.7. The van der Waals surface area contributed by atoms with Crippen LogP contribution < -0.4 is 51.4 Å². The number of alkyl halides is 2. The van der Waals surface area contributed by atoms with E-state index in [0.29, 0.717) is 18.0 Å². The Morgan fingerprint density at radius 3 is 1.58 bits per heavy atom. The van der Waals surface area contributed by atoms with Crippen LogP contribution in [0.1, 0.15) is 55.7 Å². The molecule has 2 atom stereocenters. The Morgan fingerprint density at radius 2 is 1.20 bits per heavy atom. The maximum atomic E-state index is 13.3. The van der Waals surface area contributed by atoms with Crippen LogP contribution in [0.15, 0.2) is 24.3 Å². The molecule has 0 radical (unpaired) electrons. The standard InChI is InChI=1S/C21H42F2O9SSi5.6CH4.K/c1-34(29-37(8,9)31-35(2,3)4)30-38(10,32-36(5,6)7)16-15-18-11-13-19(14-12-18)17-28-20(24)21(22,23)33(25,26)27;;;;;;;/h11-14,34H,15-17H2,1-10H3,(H,25,26,27);6*1H4;/q;;;;;;;+1/p-1. The molecule has 0 aromatic heterocycles. The molecule has 18 heteroatoms. The summed E-state index contributed by atoms with van der Waals surface area (Å²) in [6.07, 6.45) is 0.632. The third-order valence-electron chi connectivity index (χ3n) is 4.75. The molecule has 1 aromatic rings. The zero-order chi connectivity index (χ0) is 29.8. The van der Waals surface area contributed by atoms with E-state index < -0.39 is 71.0 Å². The van der Waals surface area contributed by atoms with Crippen molar-refractivity contribution in [1.82, 2.24) is 0 Å². The monoisotopic (exact) mass is 782 g/mol. The van der Waals surface area contributed by atoms with Gasteiger partial charge in [-0.1, -0.05) is 68.8 Å².